The minimum Gasteiger partial charge on any atom is -0.387 e. The molecule has 0 saturated heterocycles. The Kier molecular flexibility index (Phi) is 1.99. The fraction of sp³-hybridized carbons (Fsp3) is 0.182. The predicted molar refractivity (Wildman–Crippen MR) is 51.2 cm³/mol. The molecule has 1 heterocycles. The molecule has 0 aliphatic heterocycles. The summed E-state index contributed by atoms with van der Waals surface area (Å²) < 4.78 is 0. The van der Waals surface area contributed by atoms with Crippen molar-refractivity contribution in [2.24, 2.45) is 0 Å². The molecule has 1 radical (unpaired) electrons. The quantitative estimate of drug-likeness (QED) is 0.714. The molecule has 0 fully saturated rings. The molecule has 0 aliphatic rings. The maximum absolute atomic E-state index is 9.45. The summed E-state index contributed by atoms with van der Waals surface area (Å²) in [5, 5.41) is 11.4. The Balaban J connectivity index is 2.76. The molecule has 65 valence electrons. The second-order valence-electron chi connectivity index (χ2n) is 3.01. The van der Waals surface area contributed by atoms with Gasteiger partial charge in [-0.05, 0) is 12.3 Å². The van der Waals surface area contributed by atoms with E-state index in [2.05, 4.69) is 11.1 Å². The minimum atomic E-state index is -0.528. The first-order valence-electron chi connectivity index (χ1n) is 4.22. The van der Waals surface area contributed by atoms with Crippen LogP contribution < -0.4 is 0 Å². The van der Waals surface area contributed by atoms with Crippen LogP contribution in [0.15, 0.2) is 30.5 Å². The molecule has 2 aromatic rings. The third kappa shape index (κ3) is 1.40. The highest BCUT2D eigenvalue weighted by Crippen LogP contribution is 2.20. The van der Waals surface area contributed by atoms with Gasteiger partial charge in [-0.3, -0.25) is 4.98 Å². The molecular weight excluding hydrogens is 162 g/mol. The summed E-state index contributed by atoms with van der Waals surface area (Å²) in [7, 11) is 0. The van der Waals surface area contributed by atoms with Gasteiger partial charge in [0.2, 0.25) is 0 Å². The molecule has 0 amide bonds. The van der Waals surface area contributed by atoms with E-state index in [1.807, 2.05) is 24.3 Å². The fourth-order valence-electron chi connectivity index (χ4n) is 1.41. The van der Waals surface area contributed by atoms with Crippen molar-refractivity contribution in [3.63, 3.8) is 0 Å². The number of aliphatic hydroxyl groups excluding tert-OH is 1. The SMILES string of the molecule is C[C@@H](O)c1nc[c]c2ccccc12. The smallest absolute Gasteiger partial charge is 0.0938 e. The first-order chi connectivity index (χ1) is 6.29. The monoisotopic (exact) mass is 172 g/mol. The van der Waals surface area contributed by atoms with Crippen molar-refractivity contribution in [3.05, 3.63) is 42.2 Å². The summed E-state index contributed by atoms with van der Waals surface area (Å²) in [6.45, 7) is 1.72. The van der Waals surface area contributed by atoms with Gasteiger partial charge >= 0.3 is 0 Å². The predicted octanol–water partition coefficient (Wildman–Crippen LogP) is 2.09. The van der Waals surface area contributed by atoms with E-state index in [9.17, 15) is 5.11 Å². The molecule has 1 N–H and O–H groups in total. The second-order valence-corrected chi connectivity index (χ2v) is 3.01. The number of pyridine rings is 1. The van der Waals surface area contributed by atoms with Gasteiger partial charge in [0.1, 0.15) is 0 Å². The minimum absolute atomic E-state index is 0.528. The number of rotatable bonds is 1. The lowest BCUT2D eigenvalue weighted by atomic mass is 10.1. The van der Waals surface area contributed by atoms with E-state index >= 15 is 0 Å². The third-order valence-corrected chi connectivity index (χ3v) is 2.02. The van der Waals surface area contributed by atoms with Gasteiger partial charge in [0.05, 0.1) is 11.8 Å². The van der Waals surface area contributed by atoms with Gasteiger partial charge < -0.3 is 5.11 Å². The topological polar surface area (TPSA) is 33.1 Å². The standard InChI is InChI=1S/C11H10NO/c1-8(13)11-10-5-3-2-4-9(10)6-7-12-11/h2-5,7-8,13H,1H3/t8-/m1/s1. The van der Waals surface area contributed by atoms with Crippen molar-refractivity contribution in [1.82, 2.24) is 4.98 Å². The van der Waals surface area contributed by atoms with Crippen molar-refractivity contribution >= 4 is 10.8 Å². The summed E-state index contributed by atoms with van der Waals surface area (Å²) in [4.78, 5) is 4.10. The van der Waals surface area contributed by atoms with Gasteiger partial charge in [0.15, 0.2) is 0 Å². The number of nitrogens with zero attached hydrogens (tertiary/aromatic N) is 1. The van der Waals surface area contributed by atoms with Crippen LogP contribution in [-0.2, 0) is 0 Å². The molecule has 2 nitrogen and oxygen atoms in total. The second kappa shape index (κ2) is 3.15. The van der Waals surface area contributed by atoms with Gasteiger partial charge in [0, 0.05) is 17.6 Å². The van der Waals surface area contributed by atoms with Crippen LogP contribution in [-0.4, -0.2) is 10.1 Å². The summed E-state index contributed by atoms with van der Waals surface area (Å²) >= 11 is 0. The Morgan fingerprint density at radius 3 is 2.92 bits per heavy atom. The highest BCUT2D eigenvalue weighted by Gasteiger charge is 2.06. The highest BCUT2D eigenvalue weighted by molar-refractivity contribution is 5.83. The molecule has 1 atom stereocenters. The lowest BCUT2D eigenvalue weighted by Gasteiger charge is -2.06. The molecule has 1 aromatic heterocycles. The zero-order valence-electron chi connectivity index (χ0n) is 7.36. The lowest BCUT2D eigenvalue weighted by Crippen LogP contribution is -1.95. The van der Waals surface area contributed by atoms with Crippen LogP contribution in [0, 0.1) is 6.07 Å². The first-order valence-corrected chi connectivity index (χ1v) is 4.22. The van der Waals surface area contributed by atoms with E-state index in [0.717, 1.165) is 10.8 Å². The molecule has 1 aromatic carbocycles. The Morgan fingerprint density at radius 2 is 2.15 bits per heavy atom. The number of hydrogen-bond donors (Lipinski definition) is 1. The van der Waals surface area contributed by atoms with E-state index in [-0.39, 0.29) is 0 Å². The third-order valence-electron chi connectivity index (χ3n) is 2.02. The van der Waals surface area contributed by atoms with Crippen LogP contribution in [0.25, 0.3) is 10.8 Å². The van der Waals surface area contributed by atoms with E-state index < -0.39 is 6.10 Å². The molecule has 0 spiro atoms. The molecule has 0 aliphatic carbocycles. The summed E-state index contributed by atoms with van der Waals surface area (Å²) in [6.07, 6.45) is 1.07. The highest BCUT2D eigenvalue weighted by atomic mass is 16.3. The number of fused-ring (bicyclic) bond motifs is 1. The maximum atomic E-state index is 9.45. The van der Waals surface area contributed by atoms with Gasteiger partial charge in [-0.2, -0.15) is 0 Å². The van der Waals surface area contributed by atoms with Crippen molar-refractivity contribution in [3.8, 4) is 0 Å². The fourth-order valence-corrected chi connectivity index (χ4v) is 1.41. The average Bonchev–Trinajstić information content (AvgIpc) is 2.17. The molecular formula is C11H10NO. The molecule has 2 heteroatoms. The van der Waals surface area contributed by atoms with Crippen LogP contribution in [0.3, 0.4) is 0 Å². The number of hydrogen-bond acceptors (Lipinski definition) is 2. The van der Waals surface area contributed by atoms with Gasteiger partial charge in [-0.1, -0.05) is 24.3 Å². The van der Waals surface area contributed by atoms with Crippen LogP contribution in [0.1, 0.15) is 18.7 Å². The van der Waals surface area contributed by atoms with Crippen molar-refractivity contribution in [2.75, 3.05) is 0 Å². The Labute approximate surface area is 76.9 Å². The van der Waals surface area contributed by atoms with Crippen LogP contribution in [0.5, 0.6) is 0 Å². The van der Waals surface area contributed by atoms with E-state index in [1.165, 1.54) is 0 Å². The van der Waals surface area contributed by atoms with Crippen LogP contribution >= 0.6 is 0 Å². The average molecular weight is 172 g/mol. The Bertz CT molecular complexity index is 418. The molecule has 0 bridgehead atoms. The normalized spacial score (nSPS) is 13.1. The van der Waals surface area contributed by atoms with Gasteiger partial charge in [-0.25, -0.2) is 0 Å². The summed E-state index contributed by atoms with van der Waals surface area (Å²) in [5.41, 5.74) is 0.717. The maximum Gasteiger partial charge on any atom is 0.0938 e. The molecule has 0 unspecified atom stereocenters. The Hall–Kier alpha value is -1.41. The Morgan fingerprint density at radius 1 is 1.38 bits per heavy atom. The van der Waals surface area contributed by atoms with Crippen molar-refractivity contribution < 1.29 is 5.11 Å². The molecule has 13 heavy (non-hydrogen) atoms. The lowest BCUT2D eigenvalue weighted by molar-refractivity contribution is 0.196. The zero-order valence-corrected chi connectivity index (χ0v) is 7.36. The molecule has 0 saturated carbocycles. The van der Waals surface area contributed by atoms with Crippen molar-refractivity contribution in [2.45, 2.75) is 13.0 Å². The number of benzene rings is 1. The van der Waals surface area contributed by atoms with Gasteiger partial charge in [-0.15, -0.1) is 0 Å². The number of aliphatic hydroxyl groups is 1. The van der Waals surface area contributed by atoms with E-state index in [4.69, 9.17) is 0 Å². The largest absolute Gasteiger partial charge is 0.387 e. The zero-order chi connectivity index (χ0) is 9.26. The van der Waals surface area contributed by atoms with Crippen LogP contribution in [0.4, 0.5) is 0 Å². The van der Waals surface area contributed by atoms with E-state index in [0.29, 0.717) is 5.69 Å². The van der Waals surface area contributed by atoms with Crippen molar-refractivity contribution in [1.29, 1.82) is 0 Å². The van der Waals surface area contributed by atoms with Gasteiger partial charge in [0.25, 0.3) is 0 Å². The summed E-state index contributed by atoms with van der Waals surface area (Å²) in [5.74, 6) is 0. The van der Waals surface area contributed by atoms with Crippen LogP contribution in [0.2, 0.25) is 0 Å². The van der Waals surface area contributed by atoms with E-state index in [1.54, 1.807) is 13.1 Å². The number of aromatic nitrogens is 1. The first kappa shape index (κ1) is 8.20. The molecule has 2 rings (SSSR count). The summed E-state index contributed by atoms with van der Waals surface area (Å²) in [6, 6.07) is 10.8.